The van der Waals surface area contributed by atoms with E-state index in [4.69, 9.17) is 9.47 Å². The Balaban J connectivity index is 2.51. The lowest BCUT2D eigenvalue weighted by atomic mass is 9.91. The van der Waals surface area contributed by atoms with E-state index in [-0.39, 0.29) is 5.97 Å². The number of ether oxygens (including phenoxy) is 2. The number of benzene rings is 1. The third kappa shape index (κ3) is 4.10. The predicted octanol–water partition coefficient (Wildman–Crippen LogP) is 3.39. The lowest BCUT2D eigenvalue weighted by molar-refractivity contribution is -0.172. The summed E-state index contributed by atoms with van der Waals surface area (Å²) in [6.07, 6.45) is 0.167. The maximum Gasteiger partial charge on any atom is 0.314 e. The molecular formula is C14H20O3. The van der Waals surface area contributed by atoms with Gasteiger partial charge in [-0.25, -0.2) is 0 Å². The Kier molecular flexibility index (Phi) is 4.55. The van der Waals surface area contributed by atoms with Gasteiger partial charge in [0, 0.05) is 6.92 Å². The Morgan fingerprint density at radius 3 is 2.41 bits per heavy atom. The third-order valence-corrected chi connectivity index (χ3v) is 2.75. The van der Waals surface area contributed by atoms with Crippen LogP contribution in [-0.4, -0.2) is 12.3 Å². The van der Waals surface area contributed by atoms with Crippen LogP contribution in [-0.2, 0) is 9.53 Å². The van der Waals surface area contributed by atoms with Crippen LogP contribution < -0.4 is 4.74 Å². The number of hydrogen-bond acceptors (Lipinski definition) is 3. The van der Waals surface area contributed by atoms with Gasteiger partial charge in [0.2, 0.25) is 6.29 Å². The van der Waals surface area contributed by atoms with E-state index in [1.54, 1.807) is 6.92 Å². The molecule has 94 valence electrons. The average Bonchev–Trinajstić information content (AvgIpc) is 2.30. The monoisotopic (exact) mass is 236 g/mol. The molecule has 0 N–H and O–H groups in total. The molecule has 0 amide bonds. The van der Waals surface area contributed by atoms with E-state index in [0.29, 0.717) is 5.75 Å². The fourth-order valence-electron chi connectivity index (χ4n) is 1.17. The molecule has 1 atom stereocenters. The van der Waals surface area contributed by atoms with Crippen molar-refractivity contribution in [3.05, 3.63) is 30.3 Å². The molecule has 0 aliphatic carbocycles. The molecule has 0 bridgehead atoms. The number of carbonyl (C=O) groups excluding carboxylic acids is 1. The van der Waals surface area contributed by atoms with Crippen molar-refractivity contribution >= 4 is 5.97 Å². The van der Waals surface area contributed by atoms with Gasteiger partial charge in [-0.2, -0.15) is 0 Å². The molecule has 0 aromatic heterocycles. The highest BCUT2D eigenvalue weighted by molar-refractivity contribution is 5.75. The van der Waals surface area contributed by atoms with Gasteiger partial charge in [-0.1, -0.05) is 25.1 Å². The molecule has 1 rings (SSSR count). The molecule has 0 radical (unpaired) electrons. The molecule has 1 aromatic rings. The number of rotatable bonds is 5. The molecule has 17 heavy (non-hydrogen) atoms. The minimum atomic E-state index is -0.573. The summed E-state index contributed by atoms with van der Waals surface area (Å²) in [5.41, 5.74) is -0.464. The van der Waals surface area contributed by atoms with Crippen LogP contribution in [0.1, 0.15) is 34.1 Å². The first kappa shape index (κ1) is 13.6. The molecule has 0 fully saturated rings. The van der Waals surface area contributed by atoms with Crippen molar-refractivity contribution < 1.29 is 14.3 Å². The van der Waals surface area contributed by atoms with E-state index in [1.165, 1.54) is 0 Å². The second kappa shape index (κ2) is 5.71. The van der Waals surface area contributed by atoms with Crippen LogP contribution in [0.15, 0.2) is 30.3 Å². The number of carbonyl (C=O) groups is 1. The number of para-hydroxylation sites is 1. The quantitative estimate of drug-likeness (QED) is 0.580. The third-order valence-electron chi connectivity index (χ3n) is 2.75. The van der Waals surface area contributed by atoms with E-state index < -0.39 is 11.7 Å². The summed E-state index contributed by atoms with van der Waals surface area (Å²) in [4.78, 5) is 11.8. The maximum atomic E-state index is 11.8. The Labute approximate surface area is 103 Å². The fourth-order valence-corrected chi connectivity index (χ4v) is 1.17. The van der Waals surface area contributed by atoms with E-state index in [1.807, 2.05) is 51.1 Å². The molecule has 3 heteroatoms. The minimum absolute atomic E-state index is 0.233. The van der Waals surface area contributed by atoms with Crippen LogP contribution in [0.5, 0.6) is 5.75 Å². The average molecular weight is 236 g/mol. The van der Waals surface area contributed by atoms with Crippen LogP contribution in [0.2, 0.25) is 0 Å². The van der Waals surface area contributed by atoms with Gasteiger partial charge in [0.15, 0.2) is 0 Å². The summed E-state index contributed by atoms with van der Waals surface area (Å²) >= 11 is 0. The zero-order chi connectivity index (χ0) is 12.9. The molecule has 0 heterocycles. The van der Waals surface area contributed by atoms with Crippen LogP contribution in [0, 0.1) is 5.41 Å². The van der Waals surface area contributed by atoms with Crippen LogP contribution in [0.4, 0.5) is 0 Å². The van der Waals surface area contributed by atoms with Crippen molar-refractivity contribution in [2.45, 2.75) is 40.4 Å². The van der Waals surface area contributed by atoms with Gasteiger partial charge in [0.05, 0.1) is 5.41 Å². The van der Waals surface area contributed by atoms with Gasteiger partial charge >= 0.3 is 5.97 Å². The molecule has 0 saturated heterocycles. The zero-order valence-corrected chi connectivity index (χ0v) is 10.9. The van der Waals surface area contributed by atoms with Crippen molar-refractivity contribution in [3.63, 3.8) is 0 Å². The Morgan fingerprint density at radius 1 is 1.29 bits per heavy atom. The minimum Gasteiger partial charge on any atom is -0.455 e. The Morgan fingerprint density at radius 2 is 1.88 bits per heavy atom. The van der Waals surface area contributed by atoms with E-state index in [2.05, 4.69) is 0 Å². The SMILES string of the molecule is CCC(C)(C)C(=O)OC(C)Oc1ccccc1. The lowest BCUT2D eigenvalue weighted by Gasteiger charge is -2.23. The van der Waals surface area contributed by atoms with Gasteiger partial charge in [-0.3, -0.25) is 4.79 Å². The van der Waals surface area contributed by atoms with E-state index >= 15 is 0 Å². The lowest BCUT2D eigenvalue weighted by Crippen LogP contribution is -2.31. The summed E-state index contributed by atoms with van der Waals surface area (Å²) < 4.78 is 10.7. The first-order valence-corrected chi connectivity index (χ1v) is 5.88. The molecule has 0 saturated carbocycles. The highest BCUT2D eigenvalue weighted by Crippen LogP contribution is 2.22. The van der Waals surface area contributed by atoms with Crippen molar-refractivity contribution in [1.29, 1.82) is 0 Å². The van der Waals surface area contributed by atoms with Crippen molar-refractivity contribution in [2.24, 2.45) is 5.41 Å². The maximum absolute atomic E-state index is 11.8. The van der Waals surface area contributed by atoms with Crippen molar-refractivity contribution in [2.75, 3.05) is 0 Å². The van der Waals surface area contributed by atoms with Gasteiger partial charge in [0.25, 0.3) is 0 Å². The number of esters is 1. The zero-order valence-electron chi connectivity index (χ0n) is 10.9. The molecular weight excluding hydrogens is 216 g/mol. The van der Waals surface area contributed by atoms with Gasteiger partial charge in [-0.15, -0.1) is 0 Å². The summed E-state index contributed by atoms with van der Waals surface area (Å²) in [5.74, 6) is 0.463. The molecule has 1 aromatic carbocycles. The normalized spacial score (nSPS) is 12.9. The molecule has 3 nitrogen and oxygen atoms in total. The smallest absolute Gasteiger partial charge is 0.314 e. The van der Waals surface area contributed by atoms with Gasteiger partial charge in [0.1, 0.15) is 5.75 Å². The highest BCUT2D eigenvalue weighted by Gasteiger charge is 2.28. The van der Waals surface area contributed by atoms with Crippen LogP contribution >= 0.6 is 0 Å². The molecule has 1 unspecified atom stereocenters. The largest absolute Gasteiger partial charge is 0.455 e. The Hall–Kier alpha value is -1.51. The van der Waals surface area contributed by atoms with Crippen molar-refractivity contribution in [3.8, 4) is 5.75 Å². The highest BCUT2D eigenvalue weighted by atomic mass is 16.7. The second-order valence-electron chi connectivity index (χ2n) is 4.64. The Bertz CT molecular complexity index is 357. The standard InChI is InChI=1S/C14H20O3/c1-5-14(3,4)13(15)17-11(2)16-12-9-7-6-8-10-12/h6-11H,5H2,1-4H3. The predicted molar refractivity (Wildman–Crippen MR) is 66.7 cm³/mol. The topological polar surface area (TPSA) is 35.5 Å². The molecule has 0 aliphatic heterocycles. The van der Waals surface area contributed by atoms with E-state index in [9.17, 15) is 4.79 Å². The van der Waals surface area contributed by atoms with Crippen molar-refractivity contribution in [1.82, 2.24) is 0 Å². The summed E-state index contributed by atoms with van der Waals surface area (Å²) in [7, 11) is 0. The first-order valence-electron chi connectivity index (χ1n) is 5.88. The molecule has 0 aliphatic rings. The fraction of sp³-hybridized carbons (Fsp3) is 0.500. The van der Waals surface area contributed by atoms with Gasteiger partial charge in [-0.05, 0) is 32.4 Å². The number of hydrogen-bond donors (Lipinski definition) is 0. The van der Waals surface area contributed by atoms with E-state index in [0.717, 1.165) is 6.42 Å². The van der Waals surface area contributed by atoms with Gasteiger partial charge < -0.3 is 9.47 Å². The molecule has 0 spiro atoms. The summed E-state index contributed by atoms with van der Waals surface area (Å²) in [6, 6.07) is 9.31. The van der Waals surface area contributed by atoms with Crippen LogP contribution in [0.3, 0.4) is 0 Å². The second-order valence-corrected chi connectivity index (χ2v) is 4.64. The summed E-state index contributed by atoms with van der Waals surface area (Å²) in [6.45, 7) is 7.41. The summed E-state index contributed by atoms with van der Waals surface area (Å²) in [5, 5.41) is 0. The van der Waals surface area contributed by atoms with Crippen LogP contribution in [0.25, 0.3) is 0 Å². The first-order chi connectivity index (χ1) is 7.95.